The summed E-state index contributed by atoms with van der Waals surface area (Å²) in [4.78, 5) is 0. The molecule has 2 rings (SSSR count). The van der Waals surface area contributed by atoms with E-state index in [1.165, 1.54) is 238 Å². The summed E-state index contributed by atoms with van der Waals surface area (Å²) in [5, 5.41) is 0. The van der Waals surface area contributed by atoms with Gasteiger partial charge < -0.3 is 0 Å². The van der Waals surface area contributed by atoms with E-state index in [0.717, 1.165) is 0 Å². The molecule has 37 heavy (non-hydrogen) atoms. The smallest absolute Gasteiger partial charge is 0.0533 e. The molecule has 0 aromatic rings. The molecule has 0 N–H and O–H groups in total. The van der Waals surface area contributed by atoms with Gasteiger partial charge in [0.15, 0.2) is 0 Å². The molecule has 0 saturated heterocycles. The van der Waals surface area contributed by atoms with Crippen LogP contribution < -0.4 is 0 Å². The quantitative estimate of drug-likeness (QED) is 0.299. The van der Waals surface area contributed by atoms with Crippen LogP contribution in [-0.4, -0.2) is 0 Å². The third-order valence-electron chi connectivity index (χ3n) is 9.25. The van der Waals surface area contributed by atoms with Crippen molar-refractivity contribution in [3.05, 3.63) is 0 Å². The monoisotopic (exact) mass is 519 g/mol. The van der Waals surface area contributed by atoms with E-state index in [-0.39, 0.29) is 0 Å². The van der Waals surface area contributed by atoms with Crippen LogP contribution in [0.15, 0.2) is 0 Å². The Morgan fingerprint density at radius 3 is 0.108 bits per heavy atom. The van der Waals surface area contributed by atoms with Crippen LogP contribution in [0, 0.1) is 0 Å². The van der Waals surface area contributed by atoms with Gasteiger partial charge in [0.1, 0.15) is 0 Å². The van der Waals surface area contributed by atoms with Gasteiger partial charge in [-0.3, -0.25) is 0 Å². The Morgan fingerprint density at radius 1 is 0.0541 bits per heavy atom. The predicted molar refractivity (Wildman–Crippen MR) is 171 cm³/mol. The second-order valence-corrected chi connectivity index (χ2v) is 13.1. The Balaban J connectivity index is 0.000000371. The van der Waals surface area contributed by atoms with Crippen LogP contribution >= 0.6 is 0 Å². The number of hydrogen-bond donors (Lipinski definition) is 0. The fourth-order valence-electron chi connectivity index (χ4n) is 6.54. The van der Waals surface area contributed by atoms with Gasteiger partial charge in [-0.25, -0.2) is 0 Å². The molecule has 0 heteroatoms. The summed E-state index contributed by atoms with van der Waals surface area (Å²) in [6, 6.07) is 0. The topological polar surface area (TPSA) is 0 Å². The fraction of sp³-hybridized carbons (Fsp3) is 1.00. The van der Waals surface area contributed by atoms with Crippen molar-refractivity contribution < 1.29 is 0 Å². The molecule has 0 spiro atoms. The highest BCUT2D eigenvalue weighted by atomic mass is 14.0. The minimum absolute atomic E-state index is 1.50. The minimum Gasteiger partial charge on any atom is -0.0533 e. The van der Waals surface area contributed by atoms with Gasteiger partial charge >= 0.3 is 0 Å². The van der Waals surface area contributed by atoms with Gasteiger partial charge in [0.05, 0.1) is 0 Å². The van der Waals surface area contributed by atoms with E-state index in [4.69, 9.17) is 0 Å². The van der Waals surface area contributed by atoms with E-state index >= 15 is 0 Å². The normalized spacial score (nSPS) is 24.0. The maximum Gasteiger partial charge on any atom is -0.0533 e. The van der Waals surface area contributed by atoms with Crippen molar-refractivity contribution in [3.63, 3.8) is 0 Å². The molecule has 2 aliphatic rings. The molecule has 2 aliphatic carbocycles. The zero-order valence-electron chi connectivity index (χ0n) is 26.2. The lowest BCUT2D eigenvalue weighted by Gasteiger charge is -2.05. The Morgan fingerprint density at radius 2 is 0.0811 bits per heavy atom. The average Bonchev–Trinajstić information content (AvgIpc) is 2.91. The first kappa shape index (κ1) is 35.0. The molecule has 0 nitrogen and oxygen atoms in total. The summed E-state index contributed by atoms with van der Waals surface area (Å²) in [5.41, 5.74) is 0. The van der Waals surface area contributed by atoms with Crippen LogP contribution in [-0.2, 0) is 0 Å². The third kappa shape index (κ3) is 30.4. The zero-order valence-corrected chi connectivity index (χ0v) is 26.2. The summed E-state index contributed by atoms with van der Waals surface area (Å²) in [6.45, 7) is 0. The van der Waals surface area contributed by atoms with E-state index in [0.29, 0.717) is 0 Å². The van der Waals surface area contributed by atoms with Crippen LogP contribution in [0.5, 0.6) is 0 Å². The first-order valence-corrected chi connectivity index (χ1v) is 18.5. The highest BCUT2D eigenvalue weighted by Gasteiger charge is 1.98. The first-order chi connectivity index (χ1) is 18.5. The molecular formula is C37H74. The van der Waals surface area contributed by atoms with Crippen molar-refractivity contribution in [1.29, 1.82) is 0 Å². The van der Waals surface area contributed by atoms with Gasteiger partial charge in [0.25, 0.3) is 0 Å². The molecule has 2 saturated carbocycles. The lowest BCUT2D eigenvalue weighted by atomic mass is 10.0. The molecule has 0 bridgehead atoms. The lowest BCUT2D eigenvalue weighted by molar-refractivity contribution is 0.504. The Labute approximate surface area is 237 Å². The highest BCUT2D eigenvalue weighted by Crippen LogP contribution is 2.18. The SMILES string of the molecule is C1CCCCCCCCCCCCCCCCC1.C1CCCCCCCCCCCCCCCCCC1. The van der Waals surface area contributed by atoms with Crippen LogP contribution in [0.4, 0.5) is 0 Å². The Hall–Kier alpha value is 0. The molecule has 2 fully saturated rings. The molecule has 0 heterocycles. The van der Waals surface area contributed by atoms with Crippen molar-refractivity contribution in [3.8, 4) is 0 Å². The van der Waals surface area contributed by atoms with E-state index in [1.807, 2.05) is 0 Å². The summed E-state index contributed by atoms with van der Waals surface area (Å²) >= 11 is 0. The van der Waals surface area contributed by atoms with Crippen molar-refractivity contribution in [2.45, 2.75) is 238 Å². The molecule has 0 unspecified atom stereocenters. The summed E-state index contributed by atoms with van der Waals surface area (Å²) in [7, 11) is 0. The van der Waals surface area contributed by atoms with E-state index in [1.54, 1.807) is 0 Å². The average molecular weight is 519 g/mol. The molecule has 0 atom stereocenters. The molecule has 0 amide bonds. The van der Waals surface area contributed by atoms with Gasteiger partial charge in [0.2, 0.25) is 0 Å². The summed E-state index contributed by atoms with van der Waals surface area (Å²) in [6.07, 6.45) is 55.5. The molecule has 0 aromatic carbocycles. The van der Waals surface area contributed by atoms with Gasteiger partial charge in [-0.05, 0) is 0 Å². The molecular weight excluding hydrogens is 444 g/mol. The van der Waals surface area contributed by atoms with Crippen LogP contribution in [0.25, 0.3) is 0 Å². The van der Waals surface area contributed by atoms with Crippen LogP contribution in [0.3, 0.4) is 0 Å². The fourth-order valence-corrected chi connectivity index (χ4v) is 6.54. The number of hydrogen-bond acceptors (Lipinski definition) is 0. The van der Waals surface area contributed by atoms with Crippen molar-refractivity contribution in [2.24, 2.45) is 0 Å². The second kappa shape index (κ2) is 32.2. The van der Waals surface area contributed by atoms with Crippen LogP contribution in [0.1, 0.15) is 238 Å². The van der Waals surface area contributed by atoms with Crippen molar-refractivity contribution in [1.82, 2.24) is 0 Å². The minimum atomic E-state index is 1.50. The lowest BCUT2D eigenvalue weighted by Crippen LogP contribution is -1.85. The maximum absolute atomic E-state index is 1.50. The summed E-state index contributed by atoms with van der Waals surface area (Å²) < 4.78 is 0. The molecule has 0 radical (unpaired) electrons. The van der Waals surface area contributed by atoms with Gasteiger partial charge in [-0.2, -0.15) is 0 Å². The second-order valence-electron chi connectivity index (χ2n) is 13.1. The molecule has 222 valence electrons. The van der Waals surface area contributed by atoms with Gasteiger partial charge in [0, 0.05) is 0 Å². The Bertz CT molecular complexity index is 230. The zero-order chi connectivity index (χ0) is 26.2. The predicted octanol–water partition coefficient (Wildman–Crippen LogP) is 14.4. The van der Waals surface area contributed by atoms with Crippen molar-refractivity contribution in [2.75, 3.05) is 0 Å². The molecule has 0 aliphatic heterocycles. The van der Waals surface area contributed by atoms with Gasteiger partial charge in [-0.1, -0.05) is 238 Å². The third-order valence-corrected chi connectivity index (χ3v) is 9.25. The maximum atomic E-state index is 1.50. The van der Waals surface area contributed by atoms with E-state index in [9.17, 15) is 0 Å². The van der Waals surface area contributed by atoms with Gasteiger partial charge in [-0.15, -0.1) is 0 Å². The van der Waals surface area contributed by atoms with E-state index in [2.05, 4.69) is 0 Å². The van der Waals surface area contributed by atoms with Crippen molar-refractivity contribution >= 4 is 0 Å². The standard InChI is InChI=1S/C19H38.C18H36/c1-2-4-6-8-10-12-14-16-18-19-17-15-13-11-9-7-5-3-1;1-2-4-6-8-10-12-14-16-18-17-15-13-11-9-7-5-3-1/h1-19H2;1-18H2. The highest BCUT2D eigenvalue weighted by molar-refractivity contribution is 4.54. The largest absolute Gasteiger partial charge is 0.0533 e. The van der Waals surface area contributed by atoms with E-state index < -0.39 is 0 Å². The Kier molecular flexibility index (Phi) is 30.5. The molecule has 0 aromatic heterocycles. The van der Waals surface area contributed by atoms with Crippen LogP contribution in [0.2, 0.25) is 0 Å². The summed E-state index contributed by atoms with van der Waals surface area (Å²) in [5.74, 6) is 0. The first-order valence-electron chi connectivity index (χ1n) is 18.5. The number of rotatable bonds is 0.